The predicted molar refractivity (Wildman–Crippen MR) is 66.4 cm³/mol. The Labute approximate surface area is 99.8 Å². The zero-order chi connectivity index (χ0) is 12.8. The summed E-state index contributed by atoms with van der Waals surface area (Å²) in [4.78, 5) is 18.6. The number of anilines is 2. The summed E-state index contributed by atoms with van der Waals surface area (Å²) in [6.45, 7) is 6.81. The fourth-order valence-electron chi connectivity index (χ4n) is 1.39. The van der Waals surface area contributed by atoms with Crippen LogP contribution in [-0.4, -0.2) is 28.0 Å². The van der Waals surface area contributed by atoms with Gasteiger partial charge in [-0.2, -0.15) is 4.98 Å². The summed E-state index contributed by atoms with van der Waals surface area (Å²) in [5.41, 5.74) is 0.299. The molecule has 0 fully saturated rings. The highest BCUT2D eigenvalue weighted by Crippen LogP contribution is 2.26. The minimum atomic E-state index is -0.461. The Kier molecular flexibility index (Phi) is 4.62. The first kappa shape index (κ1) is 13.1. The monoisotopic (exact) mass is 239 g/mol. The maximum atomic E-state index is 10.9. The van der Waals surface area contributed by atoms with Crippen molar-refractivity contribution in [3.05, 3.63) is 15.8 Å². The van der Waals surface area contributed by atoms with Crippen molar-refractivity contribution in [3.8, 4) is 0 Å². The molecule has 1 rings (SSSR count). The quantitative estimate of drug-likeness (QED) is 0.582. The van der Waals surface area contributed by atoms with Crippen LogP contribution < -0.4 is 10.6 Å². The molecule has 0 radical (unpaired) electrons. The van der Waals surface area contributed by atoms with Crippen molar-refractivity contribution >= 4 is 17.5 Å². The van der Waals surface area contributed by atoms with Gasteiger partial charge in [0.2, 0.25) is 11.8 Å². The highest BCUT2D eigenvalue weighted by Gasteiger charge is 2.21. The van der Waals surface area contributed by atoms with Gasteiger partial charge in [-0.1, -0.05) is 6.92 Å². The SMILES string of the molecule is CCCNc1nc(C)c([N+](=O)[O-])c(NCC)n1. The molecule has 1 aromatic rings. The van der Waals surface area contributed by atoms with Gasteiger partial charge >= 0.3 is 5.69 Å². The second-order valence-corrected chi connectivity index (χ2v) is 3.54. The Hall–Kier alpha value is -1.92. The highest BCUT2D eigenvalue weighted by atomic mass is 16.6. The van der Waals surface area contributed by atoms with Crippen LogP contribution in [0.1, 0.15) is 26.0 Å². The minimum absolute atomic E-state index is 0.0612. The number of nitrogens with zero attached hydrogens (tertiary/aromatic N) is 3. The molecular weight excluding hydrogens is 222 g/mol. The van der Waals surface area contributed by atoms with E-state index in [0.29, 0.717) is 18.2 Å². The first-order chi connectivity index (χ1) is 8.10. The minimum Gasteiger partial charge on any atom is -0.364 e. The molecule has 0 aliphatic heterocycles. The lowest BCUT2D eigenvalue weighted by atomic mass is 10.3. The van der Waals surface area contributed by atoms with Crippen molar-refractivity contribution in [1.82, 2.24) is 9.97 Å². The van der Waals surface area contributed by atoms with Gasteiger partial charge in [0, 0.05) is 13.1 Å². The molecule has 1 heterocycles. The summed E-state index contributed by atoms with van der Waals surface area (Å²) in [5.74, 6) is 0.689. The van der Waals surface area contributed by atoms with Crippen molar-refractivity contribution in [2.75, 3.05) is 23.7 Å². The van der Waals surface area contributed by atoms with Crippen LogP contribution in [-0.2, 0) is 0 Å². The molecule has 0 aromatic carbocycles. The van der Waals surface area contributed by atoms with Crippen molar-refractivity contribution in [2.24, 2.45) is 0 Å². The molecule has 0 atom stereocenters. The molecule has 17 heavy (non-hydrogen) atoms. The van der Waals surface area contributed by atoms with Crippen molar-refractivity contribution < 1.29 is 4.92 Å². The summed E-state index contributed by atoms with van der Waals surface area (Å²) in [7, 11) is 0. The fraction of sp³-hybridized carbons (Fsp3) is 0.600. The molecule has 0 unspecified atom stereocenters. The maximum Gasteiger partial charge on any atom is 0.332 e. The van der Waals surface area contributed by atoms with Gasteiger partial charge in [-0.3, -0.25) is 10.1 Å². The lowest BCUT2D eigenvalue weighted by molar-refractivity contribution is -0.385. The van der Waals surface area contributed by atoms with Crippen LogP contribution in [0, 0.1) is 17.0 Å². The van der Waals surface area contributed by atoms with E-state index in [1.165, 1.54) is 0 Å². The smallest absolute Gasteiger partial charge is 0.332 e. The normalized spacial score (nSPS) is 10.1. The molecule has 0 spiro atoms. The molecule has 0 aliphatic carbocycles. The van der Waals surface area contributed by atoms with Crippen molar-refractivity contribution in [2.45, 2.75) is 27.2 Å². The second kappa shape index (κ2) is 5.97. The third kappa shape index (κ3) is 3.27. The molecule has 0 saturated heterocycles. The van der Waals surface area contributed by atoms with E-state index in [1.54, 1.807) is 6.92 Å². The van der Waals surface area contributed by atoms with Gasteiger partial charge in [-0.15, -0.1) is 0 Å². The molecule has 7 nitrogen and oxygen atoms in total. The van der Waals surface area contributed by atoms with E-state index in [4.69, 9.17) is 0 Å². The average molecular weight is 239 g/mol. The number of nitro groups is 1. The molecule has 0 aliphatic rings. The Balaban J connectivity index is 3.11. The number of hydrogen-bond acceptors (Lipinski definition) is 6. The van der Waals surface area contributed by atoms with Crippen molar-refractivity contribution in [3.63, 3.8) is 0 Å². The molecule has 0 amide bonds. The van der Waals surface area contributed by atoms with Crippen molar-refractivity contribution in [1.29, 1.82) is 0 Å². The summed E-state index contributed by atoms with van der Waals surface area (Å²) < 4.78 is 0. The van der Waals surface area contributed by atoms with Crippen LogP contribution in [0.15, 0.2) is 0 Å². The van der Waals surface area contributed by atoms with E-state index in [2.05, 4.69) is 20.6 Å². The Morgan fingerprint density at radius 3 is 2.53 bits per heavy atom. The van der Waals surface area contributed by atoms with Gasteiger partial charge in [0.15, 0.2) is 0 Å². The van der Waals surface area contributed by atoms with Crippen LogP contribution in [0.2, 0.25) is 0 Å². The largest absolute Gasteiger partial charge is 0.364 e. The van der Waals surface area contributed by atoms with Gasteiger partial charge in [-0.05, 0) is 20.3 Å². The topological polar surface area (TPSA) is 93.0 Å². The zero-order valence-electron chi connectivity index (χ0n) is 10.3. The molecular formula is C10H17N5O2. The number of aromatic nitrogens is 2. The molecule has 0 bridgehead atoms. The van der Waals surface area contributed by atoms with Crippen LogP contribution in [0.3, 0.4) is 0 Å². The summed E-state index contributed by atoms with van der Waals surface area (Å²) in [5, 5.41) is 16.8. The lowest BCUT2D eigenvalue weighted by Crippen LogP contribution is -2.11. The maximum absolute atomic E-state index is 10.9. The first-order valence-corrected chi connectivity index (χ1v) is 5.60. The molecule has 0 saturated carbocycles. The highest BCUT2D eigenvalue weighted by molar-refractivity contribution is 5.60. The third-order valence-electron chi connectivity index (χ3n) is 2.12. The van der Waals surface area contributed by atoms with Gasteiger partial charge < -0.3 is 10.6 Å². The Morgan fingerprint density at radius 2 is 2.00 bits per heavy atom. The molecule has 7 heteroatoms. The summed E-state index contributed by atoms with van der Waals surface area (Å²) >= 11 is 0. The van der Waals surface area contributed by atoms with E-state index in [0.717, 1.165) is 13.0 Å². The number of rotatable bonds is 6. The van der Waals surface area contributed by atoms with E-state index >= 15 is 0 Å². The summed E-state index contributed by atoms with van der Waals surface area (Å²) in [6, 6.07) is 0. The molecule has 94 valence electrons. The van der Waals surface area contributed by atoms with E-state index in [9.17, 15) is 10.1 Å². The number of nitrogens with one attached hydrogen (secondary N) is 2. The third-order valence-corrected chi connectivity index (χ3v) is 2.12. The average Bonchev–Trinajstić information content (AvgIpc) is 2.25. The fourth-order valence-corrected chi connectivity index (χ4v) is 1.39. The van der Waals surface area contributed by atoms with E-state index in [-0.39, 0.29) is 11.5 Å². The standard InChI is InChI=1S/C10H17N5O2/c1-4-6-12-10-13-7(3)8(15(16)17)9(14-10)11-5-2/h4-6H2,1-3H3,(H2,11,12,13,14). The van der Waals surface area contributed by atoms with Gasteiger partial charge in [0.05, 0.1) is 4.92 Å². The van der Waals surface area contributed by atoms with E-state index in [1.807, 2.05) is 13.8 Å². The van der Waals surface area contributed by atoms with Crippen LogP contribution in [0.4, 0.5) is 17.5 Å². The summed E-state index contributed by atoms with van der Waals surface area (Å²) in [6.07, 6.45) is 0.940. The van der Waals surface area contributed by atoms with Crippen LogP contribution >= 0.6 is 0 Å². The second-order valence-electron chi connectivity index (χ2n) is 3.54. The zero-order valence-corrected chi connectivity index (χ0v) is 10.3. The molecule has 1 aromatic heterocycles. The Morgan fingerprint density at radius 1 is 1.29 bits per heavy atom. The van der Waals surface area contributed by atoms with Crippen LogP contribution in [0.5, 0.6) is 0 Å². The number of aryl methyl sites for hydroxylation is 1. The molecule has 2 N–H and O–H groups in total. The predicted octanol–water partition coefficient (Wildman–Crippen LogP) is 1.95. The first-order valence-electron chi connectivity index (χ1n) is 5.60. The number of hydrogen-bond donors (Lipinski definition) is 2. The van der Waals surface area contributed by atoms with Gasteiger partial charge in [0.25, 0.3) is 0 Å². The van der Waals surface area contributed by atoms with Crippen LogP contribution in [0.25, 0.3) is 0 Å². The van der Waals surface area contributed by atoms with Gasteiger partial charge in [-0.25, -0.2) is 4.98 Å². The lowest BCUT2D eigenvalue weighted by Gasteiger charge is -2.09. The van der Waals surface area contributed by atoms with E-state index < -0.39 is 4.92 Å². The Bertz CT molecular complexity index is 408. The van der Waals surface area contributed by atoms with Gasteiger partial charge in [0.1, 0.15) is 5.69 Å².